The molecule has 0 fully saturated rings. The fraction of sp³-hybridized carbons (Fsp3) is 0.273. The van der Waals surface area contributed by atoms with E-state index in [0.717, 1.165) is 0 Å². The van der Waals surface area contributed by atoms with Crippen molar-refractivity contribution in [3.05, 3.63) is 40.6 Å². The smallest absolute Gasteiger partial charge is 0.243 e. The molecule has 1 N–H and O–H groups in total. The highest BCUT2D eigenvalue weighted by Crippen LogP contribution is 2.22. The van der Waals surface area contributed by atoms with Crippen molar-refractivity contribution in [1.82, 2.24) is 19.3 Å². The van der Waals surface area contributed by atoms with E-state index in [-0.39, 0.29) is 16.1 Å². The molecule has 0 radical (unpaired) electrons. The Balaban J connectivity index is 2.16. The van der Waals surface area contributed by atoms with Crippen LogP contribution in [0.1, 0.15) is 6.92 Å². The van der Waals surface area contributed by atoms with Gasteiger partial charge in [-0.3, -0.25) is 0 Å². The first-order valence-corrected chi connectivity index (χ1v) is 8.33. The summed E-state index contributed by atoms with van der Waals surface area (Å²) < 4.78 is 29.4. The van der Waals surface area contributed by atoms with Crippen LogP contribution in [0.25, 0.3) is 0 Å². The number of nitrogens with zero attached hydrogens (tertiary/aromatic N) is 3. The van der Waals surface area contributed by atoms with Crippen molar-refractivity contribution in [1.29, 1.82) is 0 Å². The lowest BCUT2D eigenvalue weighted by Crippen LogP contribution is -2.35. The van der Waals surface area contributed by atoms with Crippen molar-refractivity contribution in [3.63, 3.8) is 0 Å². The minimum absolute atomic E-state index is 0.0500. The fourth-order valence-corrected chi connectivity index (χ4v) is 3.85. The van der Waals surface area contributed by atoms with Crippen LogP contribution in [0.15, 0.2) is 40.4 Å². The summed E-state index contributed by atoms with van der Waals surface area (Å²) in [6.45, 7) is 2.23. The van der Waals surface area contributed by atoms with Gasteiger partial charge in [-0.25, -0.2) is 23.1 Å². The number of nitrogens with one attached hydrogen (secondary N) is 1. The minimum atomic E-state index is -3.72. The third-order valence-corrected chi connectivity index (χ3v) is 4.91. The molecule has 108 valence electrons. The van der Waals surface area contributed by atoms with Crippen LogP contribution in [0.5, 0.6) is 0 Å². The minimum Gasteiger partial charge on any atom is -0.336 e. The van der Waals surface area contributed by atoms with E-state index >= 15 is 0 Å². The first kappa shape index (κ1) is 15.4. The molecule has 0 bridgehead atoms. The second-order valence-corrected chi connectivity index (χ2v) is 7.18. The molecule has 20 heavy (non-hydrogen) atoms. The molecule has 6 nitrogen and oxygen atoms in total. The van der Waals surface area contributed by atoms with Crippen LogP contribution in [0.3, 0.4) is 0 Å². The molecule has 0 aliphatic carbocycles. The highest BCUT2D eigenvalue weighted by atomic mass is 79.9. The predicted octanol–water partition coefficient (Wildman–Crippen LogP) is 2.06. The molecule has 2 aromatic rings. The van der Waals surface area contributed by atoms with Crippen LogP contribution in [0.4, 0.5) is 0 Å². The average Bonchev–Trinajstić information content (AvgIpc) is 2.84. The Morgan fingerprint density at radius 1 is 1.55 bits per heavy atom. The second kappa shape index (κ2) is 6.21. The molecule has 0 aliphatic heterocycles. The second-order valence-electron chi connectivity index (χ2n) is 4.22. The molecular formula is C11H12BrClN4O2S. The number of sulfonamides is 1. The number of hydrogen-bond acceptors (Lipinski definition) is 4. The highest BCUT2D eigenvalue weighted by Gasteiger charge is 2.21. The highest BCUT2D eigenvalue weighted by molar-refractivity contribution is 9.10. The third-order valence-electron chi connectivity index (χ3n) is 2.46. The largest absolute Gasteiger partial charge is 0.336 e. The summed E-state index contributed by atoms with van der Waals surface area (Å²) in [5.74, 6) is 0. The van der Waals surface area contributed by atoms with E-state index in [1.54, 1.807) is 30.2 Å². The maximum Gasteiger partial charge on any atom is 0.243 e. The lowest BCUT2D eigenvalue weighted by atomic mass is 10.4. The van der Waals surface area contributed by atoms with Crippen LogP contribution >= 0.6 is 27.5 Å². The molecule has 0 saturated carbocycles. The van der Waals surface area contributed by atoms with Crippen molar-refractivity contribution in [3.8, 4) is 0 Å². The van der Waals surface area contributed by atoms with E-state index in [4.69, 9.17) is 11.6 Å². The van der Waals surface area contributed by atoms with Crippen LogP contribution in [-0.2, 0) is 16.6 Å². The SMILES string of the molecule is CC(Cn1ccnc1)NS(=O)(=O)c1cc(Br)cnc1Cl. The van der Waals surface area contributed by atoms with Gasteiger partial charge in [-0.1, -0.05) is 11.6 Å². The standard InChI is InChI=1S/C11H12BrClN4O2S/c1-8(6-17-3-2-14-7-17)16-20(18,19)10-4-9(12)5-15-11(10)13/h2-5,7-8,16H,6H2,1H3. The Hall–Kier alpha value is -0.960. The quantitative estimate of drug-likeness (QED) is 0.807. The first-order valence-electron chi connectivity index (χ1n) is 5.67. The molecular weight excluding hydrogens is 368 g/mol. The summed E-state index contributed by atoms with van der Waals surface area (Å²) >= 11 is 9.02. The van der Waals surface area contributed by atoms with Crippen LogP contribution < -0.4 is 4.72 Å². The van der Waals surface area contributed by atoms with Crippen LogP contribution in [0.2, 0.25) is 5.15 Å². The summed E-state index contributed by atoms with van der Waals surface area (Å²) in [4.78, 5) is 7.67. The molecule has 9 heteroatoms. The fourth-order valence-electron chi connectivity index (χ4n) is 1.67. The number of aromatic nitrogens is 3. The van der Waals surface area contributed by atoms with Gasteiger partial charge in [0, 0.05) is 35.6 Å². The molecule has 0 saturated heterocycles. The van der Waals surface area contributed by atoms with Crippen molar-refractivity contribution >= 4 is 37.6 Å². The van der Waals surface area contributed by atoms with Crippen molar-refractivity contribution in [2.24, 2.45) is 0 Å². The van der Waals surface area contributed by atoms with Crippen LogP contribution in [0, 0.1) is 0 Å². The van der Waals surface area contributed by atoms with Gasteiger partial charge in [0.2, 0.25) is 10.0 Å². The number of pyridine rings is 1. The van der Waals surface area contributed by atoms with Gasteiger partial charge in [0.1, 0.15) is 10.0 Å². The molecule has 0 aliphatic rings. The molecule has 2 rings (SSSR count). The summed E-state index contributed by atoms with van der Waals surface area (Å²) in [6.07, 6.45) is 6.46. The van der Waals surface area contributed by atoms with Gasteiger partial charge in [-0.15, -0.1) is 0 Å². The van der Waals surface area contributed by atoms with Gasteiger partial charge in [0.05, 0.1) is 6.33 Å². The van der Waals surface area contributed by atoms with Gasteiger partial charge in [0.25, 0.3) is 0 Å². The Bertz CT molecular complexity index is 690. The number of hydrogen-bond donors (Lipinski definition) is 1. The Labute approximate surface area is 130 Å². The van der Waals surface area contributed by atoms with E-state index < -0.39 is 10.0 Å². The van der Waals surface area contributed by atoms with E-state index in [1.807, 2.05) is 0 Å². The Morgan fingerprint density at radius 3 is 2.95 bits per heavy atom. The van der Waals surface area contributed by atoms with E-state index in [2.05, 4.69) is 30.6 Å². The Morgan fingerprint density at radius 2 is 2.30 bits per heavy atom. The molecule has 2 heterocycles. The van der Waals surface area contributed by atoms with Crippen molar-refractivity contribution < 1.29 is 8.42 Å². The normalized spacial score (nSPS) is 13.3. The van der Waals surface area contributed by atoms with E-state index in [9.17, 15) is 8.42 Å². The maximum atomic E-state index is 12.3. The topological polar surface area (TPSA) is 76.9 Å². The molecule has 1 atom stereocenters. The molecule has 0 amide bonds. The van der Waals surface area contributed by atoms with Gasteiger partial charge < -0.3 is 4.57 Å². The molecule has 1 unspecified atom stereocenters. The first-order chi connectivity index (χ1) is 9.38. The molecule has 0 aromatic carbocycles. The summed E-state index contributed by atoms with van der Waals surface area (Å²) in [7, 11) is -3.72. The summed E-state index contributed by atoms with van der Waals surface area (Å²) in [5.41, 5.74) is 0. The van der Waals surface area contributed by atoms with Gasteiger partial charge in [-0.2, -0.15) is 0 Å². The number of imidazole rings is 1. The zero-order valence-electron chi connectivity index (χ0n) is 10.5. The Kier molecular flexibility index (Phi) is 4.79. The van der Waals surface area contributed by atoms with Crippen molar-refractivity contribution in [2.45, 2.75) is 24.4 Å². The van der Waals surface area contributed by atoms with E-state index in [1.165, 1.54) is 12.3 Å². The number of rotatable bonds is 5. The van der Waals surface area contributed by atoms with Crippen molar-refractivity contribution in [2.75, 3.05) is 0 Å². The zero-order valence-corrected chi connectivity index (χ0v) is 13.7. The third kappa shape index (κ3) is 3.78. The predicted molar refractivity (Wildman–Crippen MR) is 79.0 cm³/mol. The lowest BCUT2D eigenvalue weighted by molar-refractivity contribution is 0.520. The summed E-state index contributed by atoms with van der Waals surface area (Å²) in [6, 6.07) is 1.10. The number of halogens is 2. The maximum absolute atomic E-state index is 12.3. The lowest BCUT2D eigenvalue weighted by Gasteiger charge is -2.15. The zero-order chi connectivity index (χ0) is 14.8. The van der Waals surface area contributed by atoms with Gasteiger partial charge in [0.15, 0.2) is 0 Å². The summed E-state index contributed by atoms with van der Waals surface area (Å²) in [5, 5.41) is -0.0597. The van der Waals surface area contributed by atoms with E-state index in [0.29, 0.717) is 11.0 Å². The van der Waals surface area contributed by atoms with Crippen LogP contribution in [-0.4, -0.2) is 29.0 Å². The van der Waals surface area contributed by atoms with Gasteiger partial charge in [-0.05, 0) is 28.9 Å². The monoisotopic (exact) mass is 378 g/mol. The average molecular weight is 380 g/mol. The van der Waals surface area contributed by atoms with Gasteiger partial charge >= 0.3 is 0 Å². The molecule has 2 aromatic heterocycles. The molecule has 0 spiro atoms.